The zero-order valence-electron chi connectivity index (χ0n) is 9.00. The van der Waals surface area contributed by atoms with E-state index in [9.17, 15) is 4.79 Å². The number of carbonyl (C=O) groups excluding carboxylic acids is 1. The zero-order valence-corrected chi connectivity index (χ0v) is 9.00. The number of carbonyl (C=O) groups is 1. The molecule has 1 atom stereocenters. The first-order chi connectivity index (χ1) is 6.74. The van der Waals surface area contributed by atoms with Gasteiger partial charge in [0.1, 0.15) is 0 Å². The van der Waals surface area contributed by atoms with Gasteiger partial charge < -0.3 is 10.5 Å². The highest BCUT2D eigenvalue weighted by molar-refractivity contribution is 5.72. The van der Waals surface area contributed by atoms with Crippen molar-refractivity contribution in [2.24, 2.45) is 17.6 Å². The van der Waals surface area contributed by atoms with E-state index in [0.29, 0.717) is 19.1 Å². The summed E-state index contributed by atoms with van der Waals surface area (Å²) in [6.45, 7) is 2.79. The first kappa shape index (κ1) is 11.5. The van der Waals surface area contributed by atoms with Crippen LogP contribution in [0.4, 0.5) is 0 Å². The molecule has 3 heteroatoms. The van der Waals surface area contributed by atoms with E-state index in [1.807, 2.05) is 6.92 Å². The third kappa shape index (κ3) is 3.66. The number of hydrogen-bond donors (Lipinski definition) is 1. The second-order valence-corrected chi connectivity index (χ2v) is 4.27. The summed E-state index contributed by atoms with van der Waals surface area (Å²) in [4.78, 5) is 11.3. The SMILES string of the molecule is CC(CN)C(=O)OCC1CCCCC1. The van der Waals surface area contributed by atoms with Crippen LogP contribution >= 0.6 is 0 Å². The van der Waals surface area contributed by atoms with Gasteiger partial charge in [0.05, 0.1) is 12.5 Å². The van der Waals surface area contributed by atoms with Crippen molar-refractivity contribution in [2.45, 2.75) is 39.0 Å². The average molecular weight is 199 g/mol. The fourth-order valence-corrected chi connectivity index (χ4v) is 1.79. The molecule has 0 heterocycles. The lowest BCUT2D eigenvalue weighted by Crippen LogP contribution is -2.25. The lowest BCUT2D eigenvalue weighted by Gasteiger charge is -2.21. The van der Waals surface area contributed by atoms with E-state index in [2.05, 4.69) is 0 Å². The number of hydrogen-bond acceptors (Lipinski definition) is 3. The molecule has 0 aromatic heterocycles. The smallest absolute Gasteiger partial charge is 0.309 e. The molecular weight excluding hydrogens is 178 g/mol. The van der Waals surface area contributed by atoms with Crippen LogP contribution in [-0.2, 0) is 9.53 Å². The van der Waals surface area contributed by atoms with Crippen LogP contribution in [-0.4, -0.2) is 19.1 Å². The van der Waals surface area contributed by atoms with Gasteiger partial charge in [0, 0.05) is 6.54 Å². The highest BCUT2D eigenvalue weighted by atomic mass is 16.5. The normalized spacial score (nSPS) is 20.4. The molecule has 1 saturated carbocycles. The Morgan fingerprint density at radius 2 is 2.07 bits per heavy atom. The van der Waals surface area contributed by atoms with Gasteiger partial charge in [0.25, 0.3) is 0 Å². The first-order valence-electron chi connectivity index (χ1n) is 5.60. The molecule has 0 amide bonds. The van der Waals surface area contributed by atoms with Gasteiger partial charge in [-0.15, -0.1) is 0 Å². The van der Waals surface area contributed by atoms with Gasteiger partial charge in [-0.05, 0) is 18.8 Å². The fourth-order valence-electron chi connectivity index (χ4n) is 1.79. The van der Waals surface area contributed by atoms with E-state index in [0.717, 1.165) is 0 Å². The number of ether oxygens (including phenoxy) is 1. The maximum absolute atomic E-state index is 11.3. The van der Waals surface area contributed by atoms with Gasteiger partial charge in [-0.1, -0.05) is 26.2 Å². The van der Waals surface area contributed by atoms with Crippen molar-refractivity contribution >= 4 is 5.97 Å². The van der Waals surface area contributed by atoms with Crippen LogP contribution in [0, 0.1) is 11.8 Å². The zero-order chi connectivity index (χ0) is 10.4. The summed E-state index contributed by atoms with van der Waals surface area (Å²) in [6.07, 6.45) is 6.33. The summed E-state index contributed by atoms with van der Waals surface area (Å²) >= 11 is 0. The predicted molar refractivity (Wildman–Crippen MR) is 55.8 cm³/mol. The minimum absolute atomic E-state index is 0.141. The molecule has 0 spiro atoms. The van der Waals surface area contributed by atoms with Crippen LogP contribution in [0.1, 0.15) is 39.0 Å². The van der Waals surface area contributed by atoms with Crippen molar-refractivity contribution in [2.75, 3.05) is 13.2 Å². The number of nitrogens with two attached hydrogens (primary N) is 1. The molecule has 0 aromatic carbocycles. The van der Waals surface area contributed by atoms with Crippen LogP contribution < -0.4 is 5.73 Å². The van der Waals surface area contributed by atoms with Crippen molar-refractivity contribution in [3.8, 4) is 0 Å². The van der Waals surface area contributed by atoms with Crippen LogP contribution in [0.25, 0.3) is 0 Å². The van der Waals surface area contributed by atoms with Crippen LogP contribution in [0.3, 0.4) is 0 Å². The third-order valence-electron chi connectivity index (χ3n) is 2.94. The number of esters is 1. The average Bonchev–Trinajstić information content (AvgIpc) is 2.26. The standard InChI is InChI=1S/C11H21NO2/c1-9(7-12)11(13)14-8-10-5-3-2-4-6-10/h9-10H,2-8,12H2,1H3. The van der Waals surface area contributed by atoms with Gasteiger partial charge in [0.15, 0.2) is 0 Å². The molecule has 2 N–H and O–H groups in total. The summed E-state index contributed by atoms with van der Waals surface area (Å²) in [6, 6.07) is 0. The van der Waals surface area contributed by atoms with E-state index >= 15 is 0 Å². The molecule has 0 aromatic rings. The Balaban J connectivity index is 2.15. The topological polar surface area (TPSA) is 52.3 Å². The van der Waals surface area contributed by atoms with Gasteiger partial charge in [-0.3, -0.25) is 4.79 Å². The molecule has 0 saturated heterocycles. The fraction of sp³-hybridized carbons (Fsp3) is 0.909. The van der Waals surface area contributed by atoms with Gasteiger partial charge >= 0.3 is 5.97 Å². The van der Waals surface area contributed by atoms with Crippen molar-refractivity contribution < 1.29 is 9.53 Å². The maximum Gasteiger partial charge on any atom is 0.309 e. The minimum Gasteiger partial charge on any atom is -0.465 e. The van der Waals surface area contributed by atoms with Crippen molar-refractivity contribution in [3.63, 3.8) is 0 Å². The summed E-state index contributed by atoms with van der Waals surface area (Å²) in [7, 11) is 0. The molecule has 0 bridgehead atoms. The van der Waals surface area contributed by atoms with Crippen LogP contribution in [0.2, 0.25) is 0 Å². The Hall–Kier alpha value is -0.570. The Morgan fingerprint density at radius 3 is 2.64 bits per heavy atom. The largest absolute Gasteiger partial charge is 0.465 e. The second-order valence-electron chi connectivity index (χ2n) is 4.27. The number of rotatable bonds is 4. The Kier molecular flexibility index (Phi) is 4.94. The minimum atomic E-state index is -0.154. The molecule has 0 radical (unpaired) electrons. The Bertz CT molecular complexity index is 176. The summed E-state index contributed by atoms with van der Waals surface area (Å²) < 4.78 is 5.22. The molecule has 1 rings (SSSR count). The Labute approximate surface area is 86.0 Å². The molecule has 82 valence electrons. The van der Waals surface area contributed by atoms with Crippen molar-refractivity contribution in [3.05, 3.63) is 0 Å². The summed E-state index contributed by atoms with van der Waals surface area (Å²) in [5.41, 5.74) is 5.38. The van der Waals surface area contributed by atoms with E-state index in [1.165, 1.54) is 32.1 Å². The van der Waals surface area contributed by atoms with Gasteiger partial charge in [0.2, 0.25) is 0 Å². The first-order valence-corrected chi connectivity index (χ1v) is 5.60. The van der Waals surface area contributed by atoms with Crippen LogP contribution in [0.15, 0.2) is 0 Å². The molecule has 1 aliphatic carbocycles. The molecule has 1 unspecified atom stereocenters. The quantitative estimate of drug-likeness (QED) is 0.701. The van der Waals surface area contributed by atoms with Crippen molar-refractivity contribution in [1.29, 1.82) is 0 Å². The Morgan fingerprint density at radius 1 is 1.43 bits per heavy atom. The highest BCUT2D eigenvalue weighted by Gasteiger charge is 2.17. The van der Waals surface area contributed by atoms with Crippen molar-refractivity contribution in [1.82, 2.24) is 0 Å². The molecule has 14 heavy (non-hydrogen) atoms. The lowest BCUT2D eigenvalue weighted by molar-refractivity contribution is -0.149. The molecule has 1 fully saturated rings. The summed E-state index contributed by atoms with van der Waals surface area (Å²) in [5, 5.41) is 0. The van der Waals surface area contributed by atoms with E-state index in [1.54, 1.807) is 0 Å². The maximum atomic E-state index is 11.3. The lowest BCUT2D eigenvalue weighted by atomic mass is 9.90. The van der Waals surface area contributed by atoms with Gasteiger partial charge in [-0.25, -0.2) is 0 Å². The van der Waals surface area contributed by atoms with E-state index in [4.69, 9.17) is 10.5 Å². The predicted octanol–water partition coefficient (Wildman–Crippen LogP) is 1.70. The van der Waals surface area contributed by atoms with Crippen LogP contribution in [0.5, 0.6) is 0 Å². The van der Waals surface area contributed by atoms with E-state index < -0.39 is 0 Å². The van der Waals surface area contributed by atoms with E-state index in [-0.39, 0.29) is 11.9 Å². The highest BCUT2D eigenvalue weighted by Crippen LogP contribution is 2.23. The molecule has 1 aliphatic rings. The monoisotopic (exact) mass is 199 g/mol. The second kappa shape index (κ2) is 6.02. The van der Waals surface area contributed by atoms with Gasteiger partial charge in [-0.2, -0.15) is 0 Å². The molecule has 0 aliphatic heterocycles. The third-order valence-corrected chi connectivity index (χ3v) is 2.94. The molecular formula is C11H21NO2. The molecule has 3 nitrogen and oxygen atoms in total. The summed E-state index contributed by atoms with van der Waals surface area (Å²) in [5.74, 6) is 0.300.